The zero-order valence-electron chi connectivity index (χ0n) is 15.9. The van der Waals surface area contributed by atoms with Crippen LogP contribution in [0.4, 0.5) is 11.4 Å². The number of nitrogens with zero attached hydrogens (tertiary/aromatic N) is 2. The average Bonchev–Trinajstić information content (AvgIpc) is 2.66. The highest BCUT2D eigenvalue weighted by molar-refractivity contribution is 6.66. The van der Waals surface area contributed by atoms with E-state index in [-0.39, 0.29) is 0 Å². The van der Waals surface area contributed by atoms with E-state index in [1.807, 2.05) is 68.4 Å². The van der Waals surface area contributed by atoms with Gasteiger partial charge in [-0.2, -0.15) is 10.2 Å². The Labute approximate surface area is 157 Å². The molecule has 26 heavy (non-hydrogen) atoms. The minimum Gasteiger partial charge on any atom is -0.494 e. The van der Waals surface area contributed by atoms with Gasteiger partial charge in [0.2, 0.25) is 0 Å². The fourth-order valence-corrected chi connectivity index (χ4v) is 4.98. The van der Waals surface area contributed by atoms with Crippen LogP contribution in [0.25, 0.3) is 0 Å². The Morgan fingerprint density at radius 2 is 1.38 bits per heavy atom. The summed E-state index contributed by atoms with van der Waals surface area (Å²) in [5.74, 6) is 0.833. The SMILES string of the molecule is CCO[Si](C)(CCCOc1ccc(N=Nc2ccccc2)cc1)OCC. The summed E-state index contributed by atoms with van der Waals surface area (Å²) in [6.45, 7) is 8.18. The molecule has 6 heteroatoms. The van der Waals surface area contributed by atoms with Gasteiger partial charge in [0, 0.05) is 13.2 Å². The molecule has 0 saturated carbocycles. The topological polar surface area (TPSA) is 52.4 Å². The molecule has 0 amide bonds. The third-order valence-electron chi connectivity index (χ3n) is 3.82. The monoisotopic (exact) mass is 372 g/mol. The predicted octanol–water partition coefficient (Wildman–Crippen LogP) is 6.02. The van der Waals surface area contributed by atoms with Gasteiger partial charge in [-0.15, -0.1) is 0 Å². The van der Waals surface area contributed by atoms with Gasteiger partial charge in [-0.25, -0.2) is 0 Å². The van der Waals surface area contributed by atoms with Crippen LogP contribution in [-0.4, -0.2) is 28.4 Å². The molecule has 0 atom stereocenters. The van der Waals surface area contributed by atoms with E-state index in [1.165, 1.54) is 0 Å². The van der Waals surface area contributed by atoms with E-state index in [0.29, 0.717) is 19.8 Å². The first-order valence-electron chi connectivity index (χ1n) is 9.13. The molecule has 0 aliphatic rings. The molecule has 140 valence electrons. The normalized spacial score (nSPS) is 11.8. The van der Waals surface area contributed by atoms with E-state index in [0.717, 1.165) is 29.6 Å². The van der Waals surface area contributed by atoms with Crippen LogP contribution in [0.5, 0.6) is 5.75 Å². The zero-order valence-corrected chi connectivity index (χ0v) is 16.9. The van der Waals surface area contributed by atoms with Gasteiger partial charge in [-0.05, 0) is 69.3 Å². The Morgan fingerprint density at radius 3 is 1.96 bits per heavy atom. The lowest BCUT2D eigenvalue weighted by Gasteiger charge is -2.25. The summed E-state index contributed by atoms with van der Waals surface area (Å²) in [6.07, 6.45) is 0.915. The summed E-state index contributed by atoms with van der Waals surface area (Å²) < 4.78 is 17.5. The molecule has 0 N–H and O–H groups in total. The molecule has 0 aliphatic heterocycles. The van der Waals surface area contributed by atoms with Crippen LogP contribution in [0.3, 0.4) is 0 Å². The lowest BCUT2D eigenvalue weighted by atomic mass is 10.3. The van der Waals surface area contributed by atoms with Crippen molar-refractivity contribution in [1.29, 1.82) is 0 Å². The van der Waals surface area contributed by atoms with Crippen molar-refractivity contribution in [2.75, 3.05) is 19.8 Å². The number of hydrogen-bond donors (Lipinski definition) is 0. The van der Waals surface area contributed by atoms with Gasteiger partial charge < -0.3 is 13.6 Å². The van der Waals surface area contributed by atoms with Gasteiger partial charge in [0.15, 0.2) is 0 Å². The third-order valence-corrected chi connectivity index (χ3v) is 6.88. The Hall–Kier alpha value is -2.02. The van der Waals surface area contributed by atoms with Crippen LogP contribution in [0.1, 0.15) is 20.3 Å². The summed E-state index contributed by atoms with van der Waals surface area (Å²) in [5.41, 5.74) is 1.64. The van der Waals surface area contributed by atoms with Crippen molar-refractivity contribution >= 4 is 19.9 Å². The van der Waals surface area contributed by atoms with E-state index in [4.69, 9.17) is 13.6 Å². The fraction of sp³-hybridized carbons (Fsp3) is 0.400. The summed E-state index contributed by atoms with van der Waals surface area (Å²) in [4.78, 5) is 0. The highest BCUT2D eigenvalue weighted by Gasteiger charge is 2.29. The van der Waals surface area contributed by atoms with Crippen molar-refractivity contribution < 1.29 is 13.6 Å². The Kier molecular flexibility index (Phi) is 8.47. The lowest BCUT2D eigenvalue weighted by Crippen LogP contribution is -2.38. The minimum absolute atomic E-state index is 0.646. The number of ether oxygens (including phenoxy) is 1. The molecule has 0 unspecified atom stereocenters. The van der Waals surface area contributed by atoms with Gasteiger partial charge in [-0.3, -0.25) is 0 Å². The first kappa shape index (κ1) is 20.3. The molecule has 0 saturated heterocycles. The van der Waals surface area contributed by atoms with Gasteiger partial charge >= 0.3 is 8.56 Å². The van der Waals surface area contributed by atoms with E-state index >= 15 is 0 Å². The average molecular weight is 373 g/mol. The molecule has 5 nitrogen and oxygen atoms in total. The van der Waals surface area contributed by atoms with E-state index in [2.05, 4.69) is 16.8 Å². The second kappa shape index (κ2) is 10.9. The first-order chi connectivity index (χ1) is 12.6. The summed E-state index contributed by atoms with van der Waals surface area (Å²) in [5, 5.41) is 8.43. The van der Waals surface area contributed by atoms with Crippen LogP contribution >= 0.6 is 0 Å². The summed E-state index contributed by atoms with van der Waals surface area (Å²) in [6, 6.07) is 18.2. The van der Waals surface area contributed by atoms with Crippen LogP contribution in [0.2, 0.25) is 12.6 Å². The molecular formula is C20H28N2O3Si. The maximum Gasteiger partial charge on any atom is 0.335 e. The zero-order chi connectivity index (χ0) is 18.7. The number of hydrogen-bond acceptors (Lipinski definition) is 5. The molecule has 2 rings (SSSR count). The second-order valence-electron chi connectivity index (χ2n) is 5.98. The van der Waals surface area contributed by atoms with Gasteiger partial charge in [-0.1, -0.05) is 18.2 Å². The molecule has 0 radical (unpaired) electrons. The summed E-state index contributed by atoms with van der Waals surface area (Å²) >= 11 is 0. The van der Waals surface area contributed by atoms with Crippen molar-refractivity contribution in [2.45, 2.75) is 32.9 Å². The number of benzene rings is 2. The standard InChI is InChI=1S/C20H28N2O3Si/c1-4-24-26(3,25-5-2)17-9-16-23-20-14-12-19(13-15-20)22-21-18-10-7-6-8-11-18/h6-8,10-15H,4-5,9,16-17H2,1-3H3. The Bertz CT molecular complexity index is 657. The van der Waals surface area contributed by atoms with E-state index in [1.54, 1.807) is 0 Å². The quantitative estimate of drug-likeness (QED) is 0.275. The van der Waals surface area contributed by atoms with Gasteiger partial charge in [0.1, 0.15) is 5.75 Å². The van der Waals surface area contributed by atoms with Gasteiger partial charge in [0.05, 0.1) is 18.0 Å². The van der Waals surface area contributed by atoms with Crippen LogP contribution in [-0.2, 0) is 8.85 Å². The van der Waals surface area contributed by atoms with Crippen molar-refractivity contribution in [3.63, 3.8) is 0 Å². The summed E-state index contributed by atoms with van der Waals surface area (Å²) in [7, 11) is -2.05. The maximum atomic E-state index is 5.84. The molecule has 0 heterocycles. The molecule has 0 bridgehead atoms. The van der Waals surface area contributed by atoms with Crippen molar-refractivity contribution in [1.82, 2.24) is 0 Å². The molecular weight excluding hydrogens is 344 g/mol. The first-order valence-corrected chi connectivity index (χ1v) is 11.6. The van der Waals surface area contributed by atoms with Crippen molar-refractivity contribution in [2.24, 2.45) is 10.2 Å². The van der Waals surface area contributed by atoms with Crippen molar-refractivity contribution in [3.8, 4) is 5.75 Å². The lowest BCUT2D eigenvalue weighted by molar-refractivity contribution is 0.185. The Morgan fingerprint density at radius 1 is 0.808 bits per heavy atom. The highest BCUT2D eigenvalue weighted by atomic mass is 28.4. The number of azo groups is 1. The number of rotatable bonds is 11. The van der Waals surface area contributed by atoms with Crippen molar-refractivity contribution in [3.05, 3.63) is 54.6 Å². The van der Waals surface area contributed by atoms with Gasteiger partial charge in [0.25, 0.3) is 0 Å². The minimum atomic E-state index is -2.05. The van der Waals surface area contributed by atoms with Crippen LogP contribution < -0.4 is 4.74 Å². The molecule has 2 aromatic rings. The predicted molar refractivity (Wildman–Crippen MR) is 107 cm³/mol. The Balaban J connectivity index is 1.77. The molecule has 0 aromatic heterocycles. The van der Waals surface area contributed by atoms with Crippen LogP contribution in [0.15, 0.2) is 64.8 Å². The molecule has 0 fully saturated rings. The molecule has 0 spiro atoms. The van der Waals surface area contributed by atoms with E-state index in [9.17, 15) is 0 Å². The third kappa shape index (κ3) is 7.07. The smallest absolute Gasteiger partial charge is 0.335 e. The molecule has 2 aromatic carbocycles. The van der Waals surface area contributed by atoms with Crippen LogP contribution in [0, 0.1) is 0 Å². The molecule has 0 aliphatic carbocycles. The van der Waals surface area contributed by atoms with E-state index < -0.39 is 8.56 Å². The fourth-order valence-electron chi connectivity index (χ4n) is 2.60. The largest absolute Gasteiger partial charge is 0.494 e. The maximum absolute atomic E-state index is 5.84. The second-order valence-corrected chi connectivity index (χ2v) is 9.33. The highest BCUT2D eigenvalue weighted by Crippen LogP contribution is 2.22.